The lowest BCUT2D eigenvalue weighted by Gasteiger charge is -2.53. The Labute approximate surface area is 368 Å². The highest BCUT2D eigenvalue weighted by Crippen LogP contribution is 2.54. The molecule has 1 spiro atoms. The van der Waals surface area contributed by atoms with Crippen LogP contribution in [0.15, 0.2) is 54.7 Å². The minimum Gasteiger partial charge on any atom is -0.386 e. The number of imide groups is 2. The van der Waals surface area contributed by atoms with Crippen LogP contribution < -0.4 is 16.0 Å². The van der Waals surface area contributed by atoms with Gasteiger partial charge >= 0.3 is 6.18 Å². The first-order chi connectivity index (χ1) is 30.4. The molecule has 5 heterocycles. The molecular weight excluding hydrogens is 830 g/mol. The van der Waals surface area contributed by atoms with Gasteiger partial charge in [0.2, 0.25) is 11.8 Å². The van der Waals surface area contributed by atoms with Gasteiger partial charge in [0, 0.05) is 48.0 Å². The minimum absolute atomic E-state index is 0.0782. The highest BCUT2D eigenvalue weighted by molar-refractivity contribution is 6.25. The number of pyridine rings is 1. The summed E-state index contributed by atoms with van der Waals surface area (Å²) in [7, 11) is 0. The van der Waals surface area contributed by atoms with Crippen molar-refractivity contribution in [2.45, 2.75) is 108 Å². The van der Waals surface area contributed by atoms with Crippen molar-refractivity contribution in [1.29, 1.82) is 0 Å². The van der Waals surface area contributed by atoms with Gasteiger partial charge in [-0.3, -0.25) is 38.9 Å². The summed E-state index contributed by atoms with van der Waals surface area (Å²) >= 11 is 0. The Morgan fingerprint density at radius 3 is 2.36 bits per heavy atom. The summed E-state index contributed by atoms with van der Waals surface area (Å²) in [5.74, 6) is -1.66. The Morgan fingerprint density at radius 2 is 1.66 bits per heavy atom. The van der Waals surface area contributed by atoms with Crippen LogP contribution in [0.25, 0.3) is 10.9 Å². The fourth-order valence-corrected chi connectivity index (χ4v) is 10.8. The number of piperidine rings is 2. The Morgan fingerprint density at radius 1 is 0.922 bits per heavy atom. The monoisotopic (exact) mass is 882 g/mol. The van der Waals surface area contributed by atoms with Crippen molar-refractivity contribution in [2.75, 3.05) is 36.8 Å². The van der Waals surface area contributed by atoms with E-state index in [1.54, 1.807) is 44.2 Å². The Balaban J connectivity index is 0.730. The number of carbonyl (C=O) groups excluding carboxylic acids is 5. The van der Waals surface area contributed by atoms with Crippen LogP contribution in [-0.2, 0) is 21.4 Å². The third kappa shape index (κ3) is 8.63. The molecule has 338 valence electrons. The number of aliphatic hydroxyl groups is 1. The standard InChI is InChI=1S/C47H53F3N8O6/c1-45(2,64)32-22-35-29(21-36(32)53-41(60)34-7-4-8-38(52-34)47(48,49)50)26-57(55-35)30-11-9-27(10-12-30)25-56-19-16-46(17-20-56)23-28(24-46)15-18-51-33-6-3-5-31-40(33)44(63)58(43(31)62)37-13-14-39(59)54-42(37)61/h3-8,21-22,26-28,30,37,51,64H,9-20,23-25H2,1-2H3,(H,53,60)(H,54,59,61). The lowest BCUT2D eigenvalue weighted by Crippen LogP contribution is -2.54. The number of aromatic nitrogens is 3. The van der Waals surface area contributed by atoms with Crippen molar-refractivity contribution in [3.8, 4) is 0 Å². The smallest absolute Gasteiger partial charge is 0.386 e. The van der Waals surface area contributed by atoms with Crippen molar-refractivity contribution >= 4 is 51.8 Å². The van der Waals surface area contributed by atoms with Crippen LogP contribution in [0.4, 0.5) is 24.5 Å². The van der Waals surface area contributed by atoms with Gasteiger partial charge in [-0.15, -0.1) is 0 Å². The molecule has 5 amide bonds. The molecular formula is C47H53F3N8O6. The van der Waals surface area contributed by atoms with E-state index in [-0.39, 0.29) is 35.8 Å². The number of rotatable bonds is 11. The molecule has 64 heavy (non-hydrogen) atoms. The first-order valence-corrected chi connectivity index (χ1v) is 22.4. The van der Waals surface area contributed by atoms with Gasteiger partial charge in [0.15, 0.2) is 0 Å². The largest absolute Gasteiger partial charge is 0.433 e. The maximum absolute atomic E-state index is 13.5. The number of nitrogens with one attached hydrogen (secondary N) is 3. The molecule has 1 atom stereocenters. The van der Waals surface area contributed by atoms with E-state index in [1.165, 1.54) is 31.7 Å². The van der Waals surface area contributed by atoms with Gasteiger partial charge in [-0.25, -0.2) is 4.98 Å². The molecule has 0 radical (unpaired) electrons. The summed E-state index contributed by atoms with van der Waals surface area (Å²) in [6, 6.07) is 11.0. The van der Waals surface area contributed by atoms with E-state index >= 15 is 0 Å². The van der Waals surface area contributed by atoms with E-state index < -0.39 is 53.0 Å². The number of hydrogen-bond acceptors (Lipinski definition) is 10. The van der Waals surface area contributed by atoms with Gasteiger partial charge in [0.1, 0.15) is 17.4 Å². The molecule has 2 saturated heterocycles. The van der Waals surface area contributed by atoms with E-state index in [9.17, 15) is 42.3 Å². The van der Waals surface area contributed by atoms with Gasteiger partial charge in [-0.1, -0.05) is 12.1 Å². The predicted octanol–water partition coefficient (Wildman–Crippen LogP) is 7.06. The van der Waals surface area contributed by atoms with Crippen LogP contribution in [0.5, 0.6) is 0 Å². The first kappa shape index (κ1) is 43.6. The molecule has 1 unspecified atom stereocenters. The van der Waals surface area contributed by atoms with Gasteiger partial charge in [-0.05, 0) is 145 Å². The van der Waals surface area contributed by atoms with E-state index in [4.69, 9.17) is 5.10 Å². The van der Waals surface area contributed by atoms with Crippen molar-refractivity contribution in [3.63, 3.8) is 0 Å². The van der Waals surface area contributed by atoms with Gasteiger partial charge in [0.05, 0.1) is 28.3 Å². The van der Waals surface area contributed by atoms with Crippen LogP contribution in [0.3, 0.4) is 0 Å². The molecule has 2 saturated carbocycles. The molecule has 0 bridgehead atoms. The second kappa shape index (κ2) is 16.7. The fraction of sp³-hybridized carbons (Fsp3) is 0.511. The molecule has 4 aromatic rings. The fourth-order valence-electron chi connectivity index (χ4n) is 10.8. The van der Waals surface area contributed by atoms with E-state index in [1.807, 2.05) is 10.9 Å². The zero-order valence-corrected chi connectivity index (χ0v) is 36.0. The van der Waals surface area contributed by atoms with Gasteiger partial charge in [0.25, 0.3) is 17.7 Å². The quantitative estimate of drug-likeness (QED) is 0.114. The maximum Gasteiger partial charge on any atom is 0.433 e. The van der Waals surface area contributed by atoms with Crippen LogP contribution in [0.1, 0.15) is 133 Å². The highest BCUT2D eigenvalue weighted by Gasteiger charge is 2.47. The van der Waals surface area contributed by atoms with Crippen molar-refractivity contribution < 1.29 is 42.3 Å². The van der Waals surface area contributed by atoms with Crippen molar-refractivity contribution in [1.82, 2.24) is 29.9 Å². The number of amides is 5. The average molecular weight is 883 g/mol. The topological polar surface area (TPSA) is 179 Å². The molecule has 14 nitrogen and oxygen atoms in total. The van der Waals surface area contributed by atoms with Crippen molar-refractivity contribution in [2.24, 2.45) is 17.3 Å². The zero-order valence-electron chi connectivity index (χ0n) is 36.0. The first-order valence-electron chi connectivity index (χ1n) is 22.4. The summed E-state index contributed by atoms with van der Waals surface area (Å²) in [6.45, 7) is 7.10. The summed E-state index contributed by atoms with van der Waals surface area (Å²) in [5.41, 5.74) is -0.0570. The highest BCUT2D eigenvalue weighted by atomic mass is 19.4. The second-order valence-electron chi connectivity index (χ2n) is 19.1. The molecule has 2 aliphatic carbocycles. The van der Waals surface area contributed by atoms with Crippen molar-refractivity contribution in [3.05, 3.63) is 82.8 Å². The van der Waals surface area contributed by atoms with E-state index in [0.717, 1.165) is 74.2 Å². The summed E-state index contributed by atoms with van der Waals surface area (Å²) in [6.07, 6.45) is 7.28. The number of halogens is 3. The molecule has 2 aromatic heterocycles. The molecule has 5 aliphatic rings. The Hall–Kier alpha value is -5.68. The van der Waals surface area contributed by atoms with Gasteiger partial charge in [-0.2, -0.15) is 18.3 Å². The number of alkyl halides is 3. The SMILES string of the molecule is CC(C)(O)c1cc2nn(C3CCC(CN4CCC5(CC4)CC(CCNc4cccc6c4C(=O)N(C4CCC(=O)NC4=O)C6=O)C5)CC3)cc2cc1NC(=O)c1cccc(C(F)(F)F)n1. The summed E-state index contributed by atoms with van der Waals surface area (Å²) in [5, 5.41) is 24.9. The minimum atomic E-state index is -4.69. The van der Waals surface area contributed by atoms with E-state index in [0.29, 0.717) is 46.1 Å². The maximum atomic E-state index is 13.5. The molecule has 9 rings (SSSR count). The average Bonchev–Trinajstić information content (AvgIpc) is 3.77. The molecule has 17 heteroatoms. The van der Waals surface area contributed by atoms with Crippen LogP contribution >= 0.6 is 0 Å². The van der Waals surface area contributed by atoms with Gasteiger partial charge < -0.3 is 20.6 Å². The normalized spacial score (nSPS) is 23.0. The summed E-state index contributed by atoms with van der Waals surface area (Å²) < 4.78 is 41.8. The van der Waals surface area contributed by atoms with Crippen LogP contribution in [-0.4, -0.2) is 91.4 Å². The number of likely N-dealkylation sites (tertiary alicyclic amines) is 1. The number of hydrogen-bond donors (Lipinski definition) is 4. The molecule has 4 N–H and O–H groups in total. The zero-order chi connectivity index (χ0) is 45.1. The molecule has 4 fully saturated rings. The number of nitrogens with zero attached hydrogens (tertiary/aromatic N) is 5. The predicted molar refractivity (Wildman–Crippen MR) is 230 cm³/mol. The number of fused-ring (bicyclic) bond motifs is 2. The lowest BCUT2D eigenvalue weighted by molar-refractivity contribution is -0.141. The lowest BCUT2D eigenvalue weighted by atomic mass is 9.57. The van der Waals surface area contributed by atoms with Crippen LogP contribution in [0.2, 0.25) is 0 Å². The third-order valence-corrected chi connectivity index (χ3v) is 14.2. The van der Waals surface area contributed by atoms with E-state index in [2.05, 4.69) is 25.8 Å². The third-order valence-electron chi connectivity index (χ3n) is 14.2. The van der Waals surface area contributed by atoms with Crippen LogP contribution in [0, 0.1) is 17.3 Å². The molecule has 2 aromatic carbocycles. The molecule has 3 aliphatic heterocycles. The second-order valence-corrected chi connectivity index (χ2v) is 19.1. The Bertz CT molecular complexity index is 2510. The number of carbonyl (C=O) groups is 5. The number of anilines is 2. The summed E-state index contributed by atoms with van der Waals surface area (Å²) in [4.78, 5) is 71.0. The number of benzene rings is 2. The Kier molecular flexibility index (Phi) is 11.4.